The van der Waals surface area contributed by atoms with Gasteiger partial charge in [-0.3, -0.25) is 4.79 Å². The Morgan fingerprint density at radius 2 is 2.14 bits per heavy atom. The Morgan fingerprint density at radius 3 is 2.64 bits per heavy atom. The highest BCUT2D eigenvalue weighted by Gasteiger charge is 2.22. The maximum Gasteiger partial charge on any atom is 0.338 e. The highest BCUT2D eigenvalue weighted by atomic mass is 127. The number of carbonyl (C=O) groups is 2. The molecule has 0 bridgehead atoms. The molecule has 0 fully saturated rings. The molecule has 3 nitrogen and oxygen atoms in total. The standard InChI is InChI=1S/C10H11IO3/c1-6(12)8-4-3-7(11)5-9(8)10(13)14-2/h4-5,7H,3H2,1-2H3. The van der Waals surface area contributed by atoms with Crippen molar-refractivity contribution in [3.05, 3.63) is 23.3 Å². The molecule has 0 aliphatic heterocycles. The molecule has 76 valence electrons. The summed E-state index contributed by atoms with van der Waals surface area (Å²) in [5.41, 5.74) is 0.871. The SMILES string of the molecule is COC(=O)C1=CC(I)CC=C1C(C)=O. The molecule has 0 heterocycles. The van der Waals surface area contributed by atoms with E-state index in [-0.39, 0.29) is 9.71 Å². The fourth-order valence-corrected chi connectivity index (χ4v) is 1.91. The molecule has 14 heavy (non-hydrogen) atoms. The van der Waals surface area contributed by atoms with Gasteiger partial charge in [-0.05, 0) is 13.3 Å². The molecule has 1 rings (SSSR count). The van der Waals surface area contributed by atoms with Gasteiger partial charge in [0, 0.05) is 9.50 Å². The number of allylic oxidation sites excluding steroid dienone is 2. The minimum atomic E-state index is -0.437. The summed E-state index contributed by atoms with van der Waals surface area (Å²) in [5, 5.41) is 0. The van der Waals surface area contributed by atoms with E-state index in [1.807, 2.05) is 0 Å². The predicted octanol–water partition coefficient (Wildman–Crippen LogP) is 1.81. The van der Waals surface area contributed by atoms with Crippen LogP contribution in [-0.4, -0.2) is 22.8 Å². The molecule has 0 saturated carbocycles. The van der Waals surface area contributed by atoms with Crippen molar-refractivity contribution in [2.45, 2.75) is 17.3 Å². The number of alkyl halides is 1. The van der Waals surface area contributed by atoms with E-state index in [1.165, 1.54) is 14.0 Å². The second-order valence-corrected chi connectivity index (χ2v) is 4.60. The molecule has 0 saturated heterocycles. The van der Waals surface area contributed by atoms with Crippen molar-refractivity contribution in [2.24, 2.45) is 0 Å². The monoisotopic (exact) mass is 306 g/mol. The maximum atomic E-state index is 11.3. The first-order valence-corrected chi connectivity index (χ1v) is 5.46. The van der Waals surface area contributed by atoms with Crippen LogP contribution < -0.4 is 0 Å². The summed E-state index contributed by atoms with van der Waals surface area (Å²) in [6.45, 7) is 1.45. The number of ketones is 1. The van der Waals surface area contributed by atoms with Crippen molar-refractivity contribution < 1.29 is 14.3 Å². The number of hydrogen-bond acceptors (Lipinski definition) is 3. The molecule has 1 atom stereocenters. The Labute approximate surface area is 96.3 Å². The fraction of sp³-hybridized carbons (Fsp3) is 0.400. The van der Waals surface area contributed by atoms with E-state index in [9.17, 15) is 9.59 Å². The summed E-state index contributed by atoms with van der Waals surface area (Å²) in [6, 6.07) is 0. The van der Waals surface area contributed by atoms with Crippen LogP contribution in [0.5, 0.6) is 0 Å². The summed E-state index contributed by atoms with van der Waals surface area (Å²) in [4.78, 5) is 22.6. The molecule has 0 aromatic carbocycles. The van der Waals surface area contributed by atoms with E-state index in [1.54, 1.807) is 12.2 Å². The number of methoxy groups -OCH3 is 1. The lowest BCUT2D eigenvalue weighted by Crippen LogP contribution is -2.16. The van der Waals surface area contributed by atoms with Crippen LogP contribution in [0.25, 0.3) is 0 Å². The van der Waals surface area contributed by atoms with Gasteiger partial charge in [0.25, 0.3) is 0 Å². The van der Waals surface area contributed by atoms with E-state index in [0.717, 1.165) is 6.42 Å². The Bertz CT molecular complexity index is 328. The number of halogens is 1. The van der Waals surface area contributed by atoms with E-state index in [4.69, 9.17) is 0 Å². The summed E-state index contributed by atoms with van der Waals surface area (Å²) in [6.07, 6.45) is 4.37. The normalized spacial score (nSPS) is 20.9. The topological polar surface area (TPSA) is 43.4 Å². The van der Waals surface area contributed by atoms with E-state index < -0.39 is 5.97 Å². The Morgan fingerprint density at radius 1 is 1.50 bits per heavy atom. The van der Waals surface area contributed by atoms with Gasteiger partial charge in [0.2, 0.25) is 0 Å². The number of Topliss-reactive ketones (excluding diaryl/α,β-unsaturated/α-hetero) is 1. The second-order valence-electron chi connectivity index (χ2n) is 3.00. The zero-order valence-corrected chi connectivity index (χ0v) is 10.2. The first kappa shape index (κ1) is 11.4. The van der Waals surface area contributed by atoms with Crippen LogP contribution in [0.3, 0.4) is 0 Å². The number of esters is 1. The van der Waals surface area contributed by atoms with Gasteiger partial charge in [-0.15, -0.1) is 0 Å². The number of hydrogen-bond donors (Lipinski definition) is 0. The maximum absolute atomic E-state index is 11.3. The first-order chi connectivity index (χ1) is 6.56. The van der Waals surface area contributed by atoms with Crippen molar-refractivity contribution in [3.8, 4) is 0 Å². The van der Waals surface area contributed by atoms with Crippen molar-refractivity contribution in [2.75, 3.05) is 7.11 Å². The van der Waals surface area contributed by atoms with Gasteiger partial charge >= 0.3 is 5.97 Å². The molecule has 1 unspecified atom stereocenters. The first-order valence-electron chi connectivity index (χ1n) is 4.22. The highest BCUT2D eigenvalue weighted by Crippen LogP contribution is 2.24. The highest BCUT2D eigenvalue weighted by molar-refractivity contribution is 14.1. The average molecular weight is 306 g/mol. The number of rotatable bonds is 2. The van der Waals surface area contributed by atoms with Crippen molar-refractivity contribution in [1.29, 1.82) is 0 Å². The van der Waals surface area contributed by atoms with Crippen LogP contribution in [0.15, 0.2) is 23.3 Å². The molecule has 0 aromatic rings. The Kier molecular flexibility index (Phi) is 3.86. The molecule has 0 radical (unpaired) electrons. The van der Waals surface area contributed by atoms with E-state index >= 15 is 0 Å². The van der Waals surface area contributed by atoms with Gasteiger partial charge in [0.05, 0.1) is 12.7 Å². The van der Waals surface area contributed by atoms with Crippen LogP contribution in [0.2, 0.25) is 0 Å². The van der Waals surface area contributed by atoms with Gasteiger partial charge in [-0.2, -0.15) is 0 Å². The van der Waals surface area contributed by atoms with Gasteiger partial charge in [-0.1, -0.05) is 34.7 Å². The van der Waals surface area contributed by atoms with Gasteiger partial charge in [-0.25, -0.2) is 4.79 Å². The molecule has 1 aliphatic carbocycles. The molecular formula is C10H11IO3. The van der Waals surface area contributed by atoms with E-state index in [2.05, 4.69) is 27.3 Å². The third kappa shape index (κ3) is 2.43. The largest absolute Gasteiger partial charge is 0.465 e. The molecule has 0 spiro atoms. The second kappa shape index (κ2) is 4.72. The Hall–Kier alpha value is -0.650. The van der Waals surface area contributed by atoms with Crippen molar-refractivity contribution in [1.82, 2.24) is 0 Å². The molecule has 0 aromatic heterocycles. The lowest BCUT2D eigenvalue weighted by molar-refractivity contribution is -0.136. The molecular weight excluding hydrogens is 295 g/mol. The zero-order valence-electron chi connectivity index (χ0n) is 8.04. The van der Waals surface area contributed by atoms with Gasteiger partial charge in [0.15, 0.2) is 5.78 Å². The van der Waals surface area contributed by atoms with Crippen LogP contribution in [0.1, 0.15) is 13.3 Å². The predicted molar refractivity (Wildman–Crippen MR) is 61.3 cm³/mol. The van der Waals surface area contributed by atoms with Crippen LogP contribution in [0.4, 0.5) is 0 Å². The molecule has 0 amide bonds. The van der Waals surface area contributed by atoms with Crippen molar-refractivity contribution >= 4 is 34.3 Å². The lowest BCUT2D eigenvalue weighted by Gasteiger charge is -2.14. The lowest BCUT2D eigenvalue weighted by atomic mass is 9.95. The smallest absolute Gasteiger partial charge is 0.338 e. The number of ether oxygens (including phenoxy) is 1. The molecule has 0 N–H and O–H groups in total. The van der Waals surface area contributed by atoms with Crippen LogP contribution in [-0.2, 0) is 14.3 Å². The minimum Gasteiger partial charge on any atom is -0.465 e. The fourth-order valence-electron chi connectivity index (χ4n) is 1.30. The quantitative estimate of drug-likeness (QED) is 0.444. The molecule has 1 aliphatic rings. The van der Waals surface area contributed by atoms with Crippen LogP contribution in [0, 0.1) is 0 Å². The Balaban J connectivity index is 3.02. The number of carbonyl (C=O) groups excluding carboxylic acids is 2. The zero-order chi connectivity index (χ0) is 10.7. The third-order valence-electron chi connectivity index (χ3n) is 1.97. The molecule has 4 heteroatoms. The summed E-state index contributed by atoms with van der Waals surface area (Å²) < 4.78 is 4.87. The van der Waals surface area contributed by atoms with Crippen molar-refractivity contribution in [3.63, 3.8) is 0 Å². The van der Waals surface area contributed by atoms with Gasteiger partial charge in [0.1, 0.15) is 0 Å². The third-order valence-corrected chi connectivity index (χ3v) is 2.84. The van der Waals surface area contributed by atoms with E-state index in [0.29, 0.717) is 11.1 Å². The van der Waals surface area contributed by atoms with Gasteiger partial charge < -0.3 is 4.74 Å². The van der Waals surface area contributed by atoms with Crippen LogP contribution >= 0.6 is 22.6 Å². The average Bonchev–Trinajstić information content (AvgIpc) is 2.16. The summed E-state index contributed by atoms with van der Waals surface area (Å²) in [5.74, 6) is -0.530. The summed E-state index contributed by atoms with van der Waals surface area (Å²) in [7, 11) is 1.32. The minimum absolute atomic E-state index is 0.0926. The summed E-state index contributed by atoms with van der Waals surface area (Å²) >= 11 is 2.21.